The van der Waals surface area contributed by atoms with E-state index in [1.54, 1.807) is 6.07 Å². The lowest BCUT2D eigenvalue weighted by Crippen LogP contribution is -2.50. The molecule has 0 spiro atoms. The number of ether oxygens (including phenoxy) is 1. The number of aromatic nitrogens is 1. The fourth-order valence-corrected chi connectivity index (χ4v) is 3.28. The first-order valence-corrected chi connectivity index (χ1v) is 9.14. The summed E-state index contributed by atoms with van der Waals surface area (Å²) in [7, 11) is 0. The lowest BCUT2D eigenvalue weighted by atomic mass is 10.0. The molecule has 3 rings (SSSR count). The van der Waals surface area contributed by atoms with Crippen molar-refractivity contribution in [2.45, 2.75) is 18.0 Å². The highest BCUT2D eigenvalue weighted by Gasteiger charge is 2.30. The Balaban J connectivity index is 1.67. The lowest BCUT2D eigenvalue weighted by Gasteiger charge is -2.41. The predicted octanol–water partition coefficient (Wildman–Crippen LogP) is 3.84. The minimum Gasteiger partial charge on any atom is -0.420 e. The summed E-state index contributed by atoms with van der Waals surface area (Å²) in [6.07, 6.45) is 2.33. The number of nitrogens with one attached hydrogen (secondary N) is 1. The maximum Gasteiger partial charge on any atom is 0.487 e. The van der Waals surface area contributed by atoms with Crippen molar-refractivity contribution in [1.82, 2.24) is 4.98 Å². The second-order valence-corrected chi connectivity index (χ2v) is 7.17. The molecule has 0 radical (unpaired) electrons. The quantitative estimate of drug-likeness (QED) is 0.638. The molecule has 10 heteroatoms. The molecule has 1 aliphatic heterocycles. The summed E-state index contributed by atoms with van der Waals surface area (Å²) in [6, 6.07) is 7.03. The Hall–Kier alpha value is -1.97. The van der Waals surface area contributed by atoms with Crippen LogP contribution in [0.4, 0.5) is 20.3 Å². The van der Waals surface area contributed by atoms with E-state index in [4.69, 9.17) is 11.6 Å². The number of halogens is 4. The van der Waals surface area contributed by atoms with Crippen LogP contribution in [0.25, 0.3) is 0 Å². The zero-order chi connectivity index (χ0) is 19.6. The average Bonchev–Trinajstić information content (AvgIpc) is 2.56. The smallest absolute Gasteiger partial charge is 0.420 e. The molecule has 1 aromatic heterocycles. The third-order valence-electron chi connectivity index (χ3n) is 4.06. The number of benzene rings is 1. The fourth-order valence-electron chi connectivity index (χ4n) is 2.62. The molecule has 1 aromatic carbocycles. The number of aliphatic hydroxyl groups excluding tert-OH is 1. The molecule has 1 saturated heterocycles. The molecule has 6 nitrogen and oxygen atoms in total. The minimum absolute atomic E-state index is 0.0366. The monoisotopic (exact) mass is 461 g/mol. The highest BCUT2D eigenvalue weighted by molar-refractivity contribution is 9.10. The van der Waals surface area contributed by atoms with E-state index in [1.165, 1.54) is 30.5 Å². The van der Waals surface area contributed by atoms with Crippen LogP contribution in [0, 0.1) is 0 Å². The number of hydrogen-bond donors (Lipinski definition) is 2. The van der Waals surface area contributed by atoms with Gasteiger partial charge in [-0.25, -0.2) is 4.98 Å². The Morgan fingerprint density at radius 2 is 2.15 bits per heavy atom. The van der Waals surface area contributed by atoms with Gasteiger partial charge in [0.15, 0.2) is 0 Å². The highest BCUT2D eigenvalue weighted by atomic mass is 79.9. The van der Waals surface area contributed by atoms with Gasteiger partial charge in [-0.3, -0.25) is 4.79 Å². The summed E-state index contributed by atoms with van der Waals surface area (Å²) in [5.74, 6) is 0.128. The zero-order valence-corrected chi connectivity index (χ0v) is 16.2. The minimum atomic E-state index is -3.80. The van der Waals surface area contributed by atoms with E-state index in [-0.39, 0.29) is 18.4 Å². The summed E-state index contributed by atoms with van der Waals surface area (Å²) in [5.41, 5.74) is -3.08. The first kappa shape index (κ1) is 19.8. The molecular weight excluding hydrogens is 448 g/mol. The van der Waals surface area contributed by atoms with Gasteiger partial charge >= 0.3 is 5.57 Å². The Bertz CT molecular complexity index is 831. The van der Waals surface area contributed by atoms with Gasteiger partial charge in [-0.1, -0.05) is 0 Å². The molecule has 2 heterocycles. The largest absolute Gasteiger partial charge is 0.487 e. The van der Waals surface area contributed by atoms with Crippen LogP contribution in [0.5, 0.6) is 5.75 Å². The van der Waals surface area contributed by atoms with Crippen LogP contribution in [-0.2, 0) is 0 Å². The number of nitrogens with zero attached hydrogens (tertiary/aromatic N) is 2. The van der Waals surface area contributed by atoms with Crippen LogP contribution in [0.1, 0.15) is 16.8 Å². The highest BCUT2D eigenvalue weighted by Crippen LogP contribution is 2.32. The van der Waals surface area contributed by atoms with Gasteiger partial charge in [0, 0.05) is 30.0 Å². The van der Waals surface area contributed by atoms with E-state index in [0.29, 0.717) is 21.5 Å². The number of amides is 1. The predicted molar refractivity (Wildman–Crippen MR) is 101 cm³/mol. The van der Waals surface area contributed by atoms with Crippen molar-refractivity contribution in [1.29, 1.82) is 0 Å². The Morgan fingerprint density at radius 3 is 2.67 bits per heavy atom. The summed E-state index contributed by atoms with van der Waals surface area (Å²) in [4.78, 5) is 18.6. The molecule has 144 valence electrons. The number of rotatable bonds is 6. The third-order valence-corrected chi connectivity index (χ3v) is 4.72. The van der Waals surface area contributed by atoms with Crippen LogP contribution in [0.2, 0.25) is 0 Å². The van der Waals surface area contributed by atoms with Gasteiger partial charge in [-0.2, -0.15) is 0 Å². The third kappa shape index (κ3) is 4.85. The van der Waals surface area contributed by atoms with E-state index < -0.39 is 11.5 Å². The summed E-state index contributed by atoms with van der Waals surface area (Å²) in [6.45, 7) is 0.837. The van der Waals surface area contributed by atoms with Gasteiger partial charge in [0.05, 0.1) is 22.7 Å². The maximum atomic E-state index is 12.6. The molecule has 1 aliphatic rings. The van der Waals surface area contributed by atoms with Gasteiger partial charge in [0.25, 0.3) is 5.91 Å². The zero-order valence-electron chi connectivity index (χ0n) is 13.8. The van der Waals surface area contributed by atoms with Crippen LogP contribution >= 0.6 is 27.5 Å². The van der Waals surface area contributed by atoms with Crippen molar-refractivity contribution in [3.05, 3.63) is 46.6 Å². The van der Waals surface area contributed by atoms with Crippen LogP contribution in [-0.4, -0.2) is 40.8 Å². The number of pyridine rings is 1. The summed E-state index contributed by atoms with van der Waals surface area (Å²) in [5, 5.41) is 11.9. The van der Waals surface area contributed by atoms with E-state index in [2.05, 4.69) is 31.0 Å². The Morgan fingerprint density at radius 1 is 1.44 bits per heavy atom. The molecule has 1 amide bonds. The first-order chi connectivity index (χ1) is 12.8. The molecule has 27 heavy (non-hydrogen) atoms. The first-order valence-electron chi connectivity index (χ1n) is 7.97. The molecule has 1 fully saturated rings. The number of anilines is 2. The molecule has 0 unspecified atom stereocenters. The molecule has 0 saturated carbocycles. The Labute approximate surface area is 167 Å². The number of carbonyl (C=O) groups excluding carboxylic acids is 1. The average molecular weight is 463 g/mol. The maximum absolute atomic E-state index is 12.6. The number of carbonyl (C=O) groups is 1. The molecule has 0 aliphatic carbocycles. The van der Waals surface area contributed by atoms with Crippen LogP contribution in [0.3, 0.4) is 0 Å². The summed E-state index contributed by atoms with van der Waals surface area (Å²) < 4.78 is 30.0. The normalized spacial score (nSPS) is 16.6. The number of aliphatic hydroxyl groups is 1. The van der Waals surface area contributed by atoms with E-state index >= 15 is 0 Å². The topological polar surface area (TPSA) is 74.7 Å². The van der Waals surface area contributed by atoms with Crippen LogP contribution in [0.15, 0.2) is 41.0 Å². The van der Waals surface area contributed by atoms with Gasteiger partial charge in [0.1, 0.15) is 11.6 Å². The van der Waals surface area contributed by atoms with E-state index in [1.807, 2.05) is 4.90 Å². The molecular formula is C17H15BrClF2N3O3. The Kier molecular flexibility index (Phi) is 5.83. The van der Waals surface area contributed by atoms with Crippen molar-refractivity contribution >= 4 is 44.9 Å². The standard InChI is InChI=1S/C17H15BrClF2N3O3/c18-14-7-10(8-22-15(14)24-6-5-12(24)9-25)16(26)23-11-1-3-13(4-2-11)27-17(19,20)21/h1-4,7-8,12,25H,5-6,9H2,(H,23,26)/t12-/m1/s1. The van der Waals surface area contributed by atoms with E-state index in [9.17, 15) is 18.7 Å². The summed E-state index contributed by atoms with van der Waals surface area (Å²) >= 11 is 8.10. The fraction of sp³-hybridized carbons (Fsp3) is 0.294. The van der Waals surface area contributed by atoms with Crippen molar-refractivity contribution in [2.75, 3.05) is 23.4 Å². The lowest BCUT2D eigenvalue weighted by molar-refractivity contribution is -0.0964. The molecule has 2 N–H and O–H groups in total. The molecule has 2 aromatic rings. The SMILES string of the molecule is O=C(Nc1ccc(OC(F)(F)Cl)cc1)c1cnc(N2CC[C@@H]2CO)c(Br)c1. The molecule has 0 bridgehead atoms. The second kappa shape index (κ2) is 7.95. The van der Waals surface area contributed by atoms with Crippen molar-refractivity contribution in [3.8, 4) is 5.75 Å². The van der Waals surface area contributed by atoms with Gasteiger partial charge < -0.3 is 20.1 Å². The molecule has 1 atom stereocenters. The van der Waals surface area contributed by atoms with Gasteiger partial charge in [0.2, 0.25) is 0 Å². The number of hydrogen-bond acceptors (Lipinski definition) is 5. The van der Waals surface area contributed by atoms with Gasteiger partial charge in [-0.15, -0.1) is 8.78 Å². The van der Waals surface area contributed by atoms with Gasteiger partial charge in [-0.05, 0) is 52.7 Å². The number of alkyl halides is 3. The van der Waals surface area contributed by atoms with Crippen molar-refractivity contribution in [2.24, 2.45) is 0 Å². The van der Waals surface area contributed by atoms with Crippen LogP contribution < -0.4 is 15.0 Å². The van der Waals surface area contributed by atoms with Crippen molar-refractivity contribution < 1.29 is 23.4 Å². The van der Waals surface area contributed by atoms with E-state index in [0.717, 1.165) is 13.0 Å². The van der Waals surface area contributed by atoms with Crippen molar-refractivity contribution in [3.63, 3.8) is 0 Å². The second-order valence-electron chi connectivity index (χ2n) is 5.87.